The van der Waals surface area contributed by atoms with E-state index in [0.29, 0.717) is 28.9 Å². The van der Waals surface area contributed by atoms with Gasteiger partial charge in [-0.05, 0) is 43.8 Å². The van der Waals surface area contributed by atoms with E-state index in [4.69, 9.17) is 21.1 Å². The van der Waals surface area contributed by atoms with Gasteiger partial charge < -0.3 is 14.8 Å². The summed E-state index contributed by atoms with van der Waals surface area (Å²) in [5.74, 6) is 1.67. The van der Waals surface area contributed by atoms with Gasteiger partial charge in [0, 0.05) is 12.7 Å². The van der Waals surface area contributed by atoms with Gasteiger partial charge in [0.05, 0.1) is 25.3 Å². The van der Waals surface area contributed by atoms with Crippen LogP contribution in [0.25, 0.3) is 0 Å². The number of pyridine rings is 1. The zero-order chi connectivity index (χ0) is 18.4. The molecule has 1 aromatic carbocycles. The number of amides is 1. The monoisotopic (exact) mass is 363 g/mol. The highest BCUT2D eigenvalue weighted by Crippen LogP contribution is 2.28. The molecule has 0 aliphatic rings. The lowest BCUT2D eigenvalue weighted by Crippen LogP contribution is -2.39. The maximum Gasteiger partial charge on any atom is 0.242 e. The molecule has 1 atom stereocenters. The van der Waals surface area contributed by atoms with Crippen LogP contribution < -0.4 is 14.8 Å². The Morgan fingerprint density at radius 2 is 1.96 bits per heavy atom. The zero-order valence-corrected chi connectivity index (χ0v) is 15.5. The van der Waals surface area contributed by atoms with Crippen molar-refractivity contribution in [2.45, 2.75) is 19.5 Å². The molecule has 0 aliphatic heterocycles. The Hall–Kier alpha value is -2.31. The molecule has 0 radical (unpaired) electrons. The van der Waals surface area contributed by atoms with E-state index in [1.54, 1.807) is 26.4 Å². The number of likely N-dealkylation sites (N-methyl/N-ethyl adjacent to an activating group) is 1. The molecule has 0 unspecified atom stereocenters. The van der Waals surface area contributed by atoms with Crippen molar-refractivity contribution in [2.75, 3.05) is 26.6 Å². The summed E-state index contributed by atoms with van der Waals surface area (Å²) in [5.41, 5.74) is 1.02. The number of methoxy groups -OCH3 is 2. The highest BCUT2D eigenvalue weighted by atomic mass is 35.5. The maximum atomic E-state index is 12.4. The molecule has 0 saturated heterocycles. The molecule has 0 spiro atoms. The number of nitrogens with one attached hydrogen (secondary N) is 1. The summed E-state index contributed by atoms with van der Waals surface area (Å²) < 4.78 is 10.6. The fourth-order valence-electron chi connectivity index (χ4n) is 2.28. The minimum atomic E-state index is -0.342. The van der Waals surface area contributed by atoms with Crippen molar-refractivity contribution in [1.29, 1.82) is 0 Å². The summed E-state index contributed by atoms with van der Waals surface area (Å²) in [6.07, 6.45) is 1.50. The van der Waals surface area contributed by atoms with Crippen molar-refractivity contribution < 1.29 is 14.3 Å². The van der Waals surface area contributed by atoms with E-state index < -0.39 is 0 Å². The third-order valence-corrected chi connectivity index (χ3v) is 4.12. The van der Waals surface area contributed by atoms with Gasteiger partial charge in [0.2, 0.25) is 5.91 Å². The van der Waals surface area contributed by atoms with E-state index in [1.807, 2.05) is 37.1 Å². The van der Waals surface area contributed by atoms with Crippen molar-refractivity contribution in [2.24, 2.45) is 0 Å². The number of carbonyl (C=O) groups is 1. The standard InChI is InChI=1S/C18H22ClN3O3/c1-12(18(23)21-17-8-6-14(19)10-20-17)22(2)11-13-5-7-15(24-3)16(9-13)25-4/h5-10,12H,11H2,1-4H3,(H,20,21,23)/t12-/m1/s1. The molecule has 0 aliphatic carbocycles. The van der Waals surface area contributed by atoms with Crippen molar-refractivity contribution >= 4 is 23.3 Å². The Labute approximate surface area is 152 Å². The first-order valence-corrected chi connectivity index (χ1v) is 8.16. The molecule has 134 valence electrons. The largest absolute Gasteiger partial charge is 0.493 e. The molecular formula is C18H22ClN3O3. The van der Waals surface area contributed by atoms with Crippen LogP contribution in [0.2, 0.25) is 5.02 Å². The number of halogens is 1. The molecule has 1 aromatic heterocycles. The van der Waals surface area contributed by atoms with Crippen LogP contribution in [0.3, 0.4) is 0 Å². The van der Waals surface area contributed by atoms with Crippen LogP contribution in [0.15, 0.2) is 36.5 Å². The summed E-state index contributed by atoms with van der Waals surface area (Å²) >= 11 is 5.80. The predicted molar refractivity (Wildman–Crippen MR) is 98.4 cm³/mol. The topological polar surface area (TPSA) is 63.7 Å². The van der Waals surface area contributed by atoms with E-state index in [2.05, 4.69) is 10.3 Å². The lowest BCUT2D eigenvalue weighted by atomic mass is 10.1. The van der Waals surface area contributed by atoms with E-state index in [1.165, 1.54) is 6.20 Å². The van der Waals surface area contributed by atoms with Gasteiger partial charge in [0.15, 0.2) is 11.5 Å². The fraction of sp³-hybridized carbons (Fsp3) is 0.333. The van der Waals surface area contributed by atoms with Gasteiger partial charge in [0.25, 0.3) is 0 Å². The van der Waals surface area contributed by atoms with Gasteiger partial charge >= 0.3 is 0 Å². The van der Waals surface area contributed by atoms with Crippen LogP contribution in [0.5, 0.6) is 11.5 Å². The SMILES string of the molecule is COc1ccc(CN(C)[C@H](C)C(=O)Nc2ccc(Cl)cn2)cc1OC. The highest BCUT2D eigenvalue weighted by Gasteiger charge is 2.19. The highest BCUT2D eigenvalue weighted by molar-refractivity contribution is 6.30. The lowest BCUT2D eigenvalue weighted by molar-refractivity contribution is -0.120. The maximum absolute atomic E-state index is 12.4. The number of hydrogen-bond acceptors (Lipinski definition) is 5. The molecule has 2 aromatic rings. The number of aromatic nitrogens is 1. The van der Waals surface area contributed by atoms with Gasteiger partial charge in [-0.15, -0.1) is 0 Å². The van der Waals surface area contributed by atoms with E-state index in [0.717, 1.165) is 5.56 Å². The first kappa shape index (κ1) is 19.0. The Morgan fingerprint density at radius 1 is 1.24 bits per heavy atom. The van der Waals surface area contributed by atoms with Crippen molar-refractivity contribution in [1.82, 2.24) is 9.88 Å². The molecule has 1 amide bonds. The first-order chi connectivity index (χ1) is 11.9. The smallest absolute Gasteiger partial charge is 0.242 e. The molecular weight excluding hydrogens is 342 g/mol. The van der Waals surface area contributed by atoms with Gasteiger partial charge in [0.1, 0.15) is 5.82 Å². The number of anilines is 1. The molecule has 0 fully saturated rings. The van der Waals surface area contributed by atoms with Crippen LogP contribution in [0, 0.1) is 0 Å². The Bertz CT molecular complexity index is 722. The predicted octanol–water partition coefficient (Wildman–Crippen LogP) is 3.21. The second-order valence-corrected chi connectivity index (χ2v) is 6.07. The van der Waals surface area contributed by atoms with Gasteiger partial charge in [-0.2, -0.15) is 0 Å². The van der Waals surface area contributed by atoms with Crippen LogP contribution in [0.1, 0.15) is 12.5 Å². The Morgan fingerprint density at radius 3 is 2.56 bits per heavy atom. The quantitative estimate of drug-likeness (QED) is 0.818. The number of carbonyl (C=O) groups excluding carboxylic acids is 1. The normalized spacial score (nSPS) is 11.9. The Kier molecular flexibility index (Phi) is 6.61. The van der Waals surface area contributed by atoms with Crippen LogP contribution in [-0.4, -0.2) is 43.1 Å². The minimum Gasteiger partial charge on any atom is -0.493 e. The van der Waals surface area contributed by atoms with Crippen LogP contribution in [0.4, 0.5) is 5.82 Å². The number of ether oxygens (including phenoxy) is 2. The molecule has 2 rings (SSSR count). The second kappa shape index (κ2) is 8.69. The average molecular weight is 364 g/mol. The summed E-state index contributed by atoms with van der Waals surface area (Å²) in [7, 11) is 5.08. The van der Waals surface area contributed by atoms with E-state index in [9.17, 15) is 4.79 Å². The number of benzene rings is 1. The third-order valence-electron chi connectivity index (χ3n) is 3.90. The fourth-order valence-corrected chi connectivity index (χ4v) is 2.40. The molecule has 0 saturated carbocycles. The molecule has 25 heavy (non-hydrogen) atoms. The van der Waals surface area contributed by atoms with Gasteiger partial charge in [-0.1, -0.05) is 17.7 Å². The molecule has 6 nitrogen and oxygen atoms in total. The van der Waals surface area contributed by atoms with Crippen LogP contribution >= 0.6 is 11.6 Å². The van der Waals surface area contributed by atoms with Crippen molar-refractivity contribution in [3.05, 3.63) is 47.1 Å². The molecule has 1 N–H and O–H groups in total. The summed E-state index contributed by atoms with van der Waals surface area (Å²) in [4.78, 5) is 18.4. The molecule has 7 heteroatoms. The van der Waals surface area contributed by atoms with E-state index in [-0.39, 0.29) is 11.9 Å². The second-order valence-electron chi connectivity index (χ2n) is 5.63. The van der Waals surface area contributed by atoms with Crippen molar-refractivity contribution in [3.8, 4) is 11.5 Å². The summed E-state index contributed by atoms with van der Waals surface area (Å²) in [5, 5.41) is 3.31. The zero-order valence-electron chi connectivity index (χ0n) is 14.7. The molecule has 1 heterocycles. The summed E-state index contributed by atoms with van der Waals surface area (Å²) in [6, 6.07) is 8.71. The summed E-state index contributed by atoms with van der Waals surface area (Å²) in [6.45, 7) is 2.43. The Balaban J connectivity index is 2.00. The van der Waals surface area contributed by atoms with Crippen LogP contribution in [-0.2, 0) is 11.3 Å². The number of rotatable bonds is 7. The van der Waals surface area contributed by atoms with Gasteiger partial charge in [-0.25, -0.2) is 4.98 Å². The third kappa shape index (κ3) is 5.08. The molecule has 0 bridgehead atoms. The average Bonchev–Trinajstić information content (AvgIpc) is 2.62. The van der Waals surface area contributed by atoms with E-state index >= 15 is 0 Å². The first-order valence-electron chi connectivity index (χ1n) is 7.78. The lowest BCUT2D eigenvalue weighted by Gasteiger charge is -2.24. The number of nitrogens with zero attached hydrogens (tertiary/aromatic N) is 2. The number of hydrogen-bond donors (Lipinski definition) is 1. The van der Waals surface area contributed by atoms with Crippen molar-refractivity contribution in [3.63, 3.8) is 0 Å². The van der Waals surface area contributed by atoms with Gasteiger partial charge in [-0.3, -0.25) is 9.69 Å². The minimum absolute atomic E-state index is 0.141.